The molecule has 92 valence electrons. The van der Waals surface area contributed by atoms with Crippen molar-refractivity contribution in [3.05, 3.63) is 28.8 Å². The van der Waals surface area contributed by atoms with Gasteiger partial charge in [-0.25, -0.2) is 9.59 Å². The molecule has 0 saturated carbocycles. The molecule has 0 aliphatic carbocycles. The molecule has 0 amide bonds. The van der Waals surface area contributed by atoms with E-state index in [1.807, 2.05) is 0 Å². The molecule has 7 nitrogen and oxygen atoms in total. The van der Waals surface area contributed by atoms with Crippen molar-refractivity contribution in [1.82, 2.24) is 0 Å². The lowest BCUT2D eigenvalue weighted by atomic mass is 10.0. The molecule has 0 radical (unpaired) electrons. The van der Waals surface area contributed by atoms with E-state index in [2.05, 4.69) is 0 Å². The van der Waals surface area contributed by atoms with Gasteiger partial charge in [-0.2, -0.15) is 8.42 Å². The number of carboxylic acid groups (broad SMARTS) is 2. The van der Waals surface area contributed by atoms with Gasteiger partial charge in [0, 0.05) is 0 Å². The summed E-state index contributed by atoms with van der Waals surface area (Å²) in [5, 5.41) is 17.6. The highest BCUT2D eigenvalue weighted by atomic mass is 32.2. The lowest BCUT2D eigenvalue weighted by Crippen LogP contribution is -2.13. The van der Waals surface area contributed by atoms with Crippen LogP contribution in [0.4, 0.5) is 0 Å². The van der Waals surface area contributed by atoms with Crippen LogP contribution in [0.1, 0.15) is 26.3 Å². The van der Waals surface area contributed by atoms with Gasteiger partial charge >= 0.3 is 11.9 Å². The second kappa shape index (κ2) is 4.15. The minimum absolute atomic E-state index is 0.320. The first kappa shape index (κ1) is 13.1. The van der Waals surface area contributed by atoms with Gasteiger partial charge in [0.15, 0.2) is 0 Å². The molecule has 0 unspecified atom stereocenters. The van der Waals surface area contributed by atoms with Crippen LogP contribution >= 0.6 is 0 Å². The van der Waals surface area contributed by atoms with E-state index in [-0.39, 0.29) is 5.56 Å². The van der Waals surface area contributed by atoms with Gasteiger partial charge in [-0.15, -0.1) is 0 Å². The molecule has 1 rings (SSSR count). The topological polar surface area (TPSA) is 129 Å². The summed E-state index contributed by atoms with van der Waals surface area (Å²) in [6.07, 6.45) is 0. The fraction of sp³-hybridized carbons (Fsp3) is 0.111. The summed E-state index contributed by atoms with van der Waals surface area (Å²) < 4.78 is 30.7. The number of carboxylic acids is 2. The van der Waals surface area contributed by atoms with E-state index in [0.29, 0.717) is 0 Å². The highest BCUT2D eigenvalue weighted by Gasteiger charge is 2.24. The summed E-state index contributed by atoms with van der Waals surface area (Å²) in [5.74, 6) is -3.07. The van der Waals surface area contributed by atoms with E-state index in [0.717, 1.165) is 19.1 Å². The molecule has 0 aromatic heterocycles. The van der Waals surface area contributed by atoms with E-state index >= 15 is 0 Å². The summed E-state index contributed by atoms with van der Waals surface area (Å²) in [4.78, 5) is 21.0. The molecule has 8 heteroatoms. The minimum atomic E-state index is -4.59. The smallest absolute Gasteiger partial charge is 0.336 e. The third kappa shape index (κ3) is 2.43. The highest BCUT2D eigenvalue weighted by Crippen LogP contribution is 2.22. The van der Waals surface area contributed by atoms with Crippen LogP contribution in [0.5, 0.6) is 0 Å². The van der Waals surface area contributed by atoms with Gasteiger partial charge in [0.25, 0.3) is 10.1 Å². The van der Waals surface area contributed by atoms with Crippen LogP contribution in [-0.4, -0.2) is 35.1 Å². The first-order valence-corrected chi connectivity index (χ1v) is 5.68. The molecule has 0 fully saturated rings. The normalized spacial score (nSPS) is 11.2. The summed E-state index contributed by atoms with van der Waals surface area (Å²) in [6, 6.07) is 1.67. The van der Waals surface area contributed by atoms with E-state index < -0.39 is 38.1 Å². The van der Waals surface area contributed by atoms with Gasteiger partial charge < -0.3 is 10.2 Å². The van der Waals surface area contributed by atoms with Gasteiger partial charge in [-0.05, 0) is 24.6 Å². The summed E-state index contributed by atoms with van der Waals surface area (Å²) in [7, 11) is -4.59. The van der Waals surface area contributed by atoms with Crippen molar-refractivity contribution >= 4 is 22.1 Å². The standard InChI is InChI=1S/C9H8O7S/c1-4-6(17(14,15)16)3-2-5(8(10)11)7(4)9(12)13/h2-3H,1H3,(H,10,11)(H,12,13)(H,14,15,16). The Kier molecular flexibility index (Phi) is 3.21. The molecule has 0 aliphatic heterocycles. The number of rotatable bonds is 3. The number of aromatic carboxylic acids is 2. The van der Waals surface area contributed by atoms with Crippen LogP contribution in [0.25, 0.3) is 0 Å². The Morgan fingerprint density at radius 2 is 1.65 bits per heavy atom. The number of hydrogen-bond acceptors (Lipinski definition) is 4. The lowest BCUT2D eigenvalue weighted by molar-refractivity contribution is 0.0650. The van der Waals surface area contributed by atoms with Gasteiger partial charge in [0.05, 0.1) is 16.0 Å². The predicted octanol–water partition coefficient (Wildman–Crippen LogP) is 0.638. The van der Waals surface area contributed by atoms with Gasteiger partial charge in [-0.3, -0.25) is 4.55 Å². The van der Waals surface area contributed by atoms with Crippen LogP contribution in [0.15, 0.2) is 17.0 Å². The zero-order valence-electron chi connectivity index (χ0n) is 8.54. The molecule has 0 heterocycles. The summed E-state index contributed by atoms with van der Waals surface area (Å²) in [6.45, 7) is 1.11. The van der Waals surface area contributed by atoms with Crippen molar-refractivity contribution < 1.29 is 32.8 Å². The third-order valence-corrected chi connectivity index (χ3v) is 3.14. The third-order valence-electron chi connectivity index (χ3n) is 2.14. The molecule has 0 aliphatic rings. The lowest BCUT2D eigenvalue weighted by Gasteiger charge is -2.08. The molecule has 0 bridgehead atoms. The Hall–Kier alpha value is -1.93. The number of benzene rings is 1. The van der Waals surface area contributed by atoms with Crippen LogP contribution in [-0.2, 0) is 10.1 Å². The molecule has 0 spiro atoms. The maximum atomic E-state index is 10.9. The zero-order valence-corrected chi connectivity index (χ0v) is 9.35. The Morgan fingerprint density at radius 1 is 1.12 bits per heavy atom. The molecule has 0 atom stereocenters. The van der Waals surface area contributed by atoms with Crippen LogP contribution in [0.3, 0.4) is 0 Å². The molecular weight excluding hydrogens is 252 g/mol. The fourth-order valence-corrected chi connectivity index (χ4v) is 2.15. The van der Waals surface area contributed by atoms with Crippen LogP contribution < -0.4 is 0 Å². The molecule has 3 N–H and O–H groups in total. The predicted molar refractivity (Wildman–Crippen MR) is 54.9 cm³/mol. The zero-order chi connectivity index (χ0) is 13.4. The summed E-state index contributed by atoms with van der Waals surface area (Å²) in [5.41, 5.74) is -1.52. The van der Waals surface area contributed by atoms with Crippen molar-refractivity contribution in [2.45, 2.75) is 11.8 Å². The van der Waals surface area contributed by atoms with Gasteiger partial charge in [0.1, 0.15) is 0 Å². The number of hydrogen-bond donors (Lipinski definition) is 3. The highest BCUT2D eigenvalue weighted by molar-refractivity contribution is 7.85. The number of carbonyl (C=O) groups is 2. The second-order valence-electron chi connectivity index (χ2n) is 3.20. The SMILES string of the molecule is Cc1c(S(=O)(=O)O)ccc(C(=O)O)c1C(=O)O. The van der Waals surface area contributed by atoms with E-state index in [1.165, 1.54) is 0 Å². The summed E-state index contributed by atoms with van der Waals surface area (Å²) >= 11 is 0. The Labute approximate surface area is 96.1 Å². The first-order valence-electron chi connectivity index (χ1n) is 4.24. The fourth-order valence-electron chi connectivity index (χ4n) is 1.43. The Morgan fingerprint density at radius 3 is 2.00 bits per heavy atom. The Balaban J connectivity index is 3.73. The molecule has 0 saturated heterocycles. The maximum absolute atomic E-state index is 10.9. The van der Waals surface area contributed by atoms with E-state index in [9.17, 15) is 18.0 Å². The quantitative estimate of drug-likeness (QED) is 0.680. The molecule has 1 aromatic rings. The molecule has 1 aromatic carbocycles. The molecule has 17 heavy (non-hydrogen) atoms. The van der Waals surface area contributed by atoms with E-state index in [1.54, 1.807) is 0 Å². The van der Waals surface area contributed by atoms with E-state index in [4.69, 9.17) is 14.8 Å². The van der Waals surface area contributed by atoms with Gasteiger partial charge in [-0.1, -0.05) is 0 Å². The van der Waals surface area contributed by atoms with Crippen LogP contribution in [0.2, 0.25) is 0 Å². The van der Waals surface area contributed by atoms with Crippen molar-refractivity contribution in [2.75, 3.05) is 0 Å². The first-order chi connectivity index (χ1) is 7.66. The average molecular weight is 260 g/mol. The average Bonchev–Trinajstić information content (AvgIpc) is 2.13. The van der Waals surface area contributed by atoms with Gasteiger partial charge in [0.2, 0.25) is 0 Å². The minimum Gasteiger partial charge on any atom is -0.478 e. The van der Waals surface area contributed by atoms with Crippen molar-refractivity contribution in [2.24, 2.45) is 0 Å². The van der Waals surface area contributed by atoms with Crippen molar-refractivity contribution in [1.29, 1.82) is 0 Å². The maximum Gasteiger partial charge on any atom is 0.336 e. The van der Waals surface area contributed by atoms with Crippen molar-refractivity contribution in [3.63, 3.8) is 0 Å². The van der Waals surface area contributed by atoms with Crippen LogP contribution in [0, 0.1) is 6.92 Å². The largest absolute Gasteiger partial charge is 0.478 e. The monoisotopic (exact) mass is 260 g/mol. The Bertz CT molecular complexity index is 600. The van der Waals surface area contributed by atoms with Crippen molar-refractivity contribution in [3.8, 4) is 0 Å². The second-order valence-corrected chi connectivity index (χ2v) is 4.59. The molecular formula is C9H8O7S.